The summed E-state index contributed by atoms with van der Waals surface area (Å²) in [6.07, 6.45) is 8.70. The lowest BCUT2D eigenvalue weighted by Crippen LogP contribution is -2.45. The molecule has 0 aliphatic heterocycles. The highest BCUT2D eigenvalue weighted by atomic mass is 16.4. The fourth-order valence-corrected chi connectivity index (χ4v) is 3.64. The van der Waals surface area contributed by atoms with Crippen LogP contribution in [0.3, 0.4) is 0 Å². The van der Waals surface area contributed by atoms with Crippen LogP contribution in [0, 0.1) is 11.3 Å². The van der Waals surface area contributed by atoms with E-state index in [4.69, 9.17) is 5.11 Å². The lowest BCUT2D eigenvalue weighted by Gasteiger charge is -2.36. The molecular formula is C16H28N2O3. The van der Waals surface area contributed by atoms with Crippen LogP contribution in [0.2, 0.25) is 0 Å². The van der Waals surface area contributed by atoms with Crippen molar-refractivity contribution in [2.75, 3.05) is 6.54 Å². The van der Waals surface area contributed by atoms with Crippen molar-refractivity contribution in [1.82, 2.24) is 10.6 Å². The fourth-order valence-electron chi connectivity index (χ4n) is 3.64. The van der Waals surface area contributed by atoms with Gasteiger partial charge in [0, 0.05) is 12.6 Å². The monoisotopic (exact) mass is 296 g/mol. The van der Waals surface area contributed by atoms with E-state index in [1.807, 2.05) is 0 Å². The number of carbonyl (C=O) groups is 2. The summed E-state index contributed by atoms with van der Waals surface area (Å²) in [6.45, 7) is 2.64. The highest BCUT2D eigenvalue weighted by molar-refractivity contribution is 5.75. The van der Waals surface area contributed by atoms with Crippen LogP contribution in [-0.2, 0) is 4.79 Å². The third kappa shape index (κ3) is 4.90. The second-order valence-corrected chi connectivity index (χ2v) is 6.85. The van der Waals surface area contributed by atoms with Crippen molar-refractivity contribution in [3.8, 4) is 0 Å². The van der Waals surface area contributed by atoms with E-state index in [-0.39, 0.29) is 17.9 Å². The summed E-state index contributed by atoms with van der Waals surface area (Å²) in [5.41, 5.74) is -0.242. The average Bonchev–Trinajstić information content (AvgIpc) is 3.15. The summed E-state index contributed by atoms with van der Waals surface area (Å²) >= 11 is 0. The lowest BCUT2D eigenvalue weighted by atomic mass is 9.72. The first-order valence-corrected chi connectivity index (χ1v) is 8.31. The minimum atomic E-state index is -0.760. The third-order valence-corrected chi connectivity index (χ3v) is 4.96. The summed E-state index contributed by atoms with van der Waals surface area (Å²) in [5, 5.41) is 15.0. The first-order valence-electron chi connectivity index (χ1n) is 8.31. The number of aliphatic carboxylic acids is 1. The molecule has 2 saturated carbocycles. The first kappa shape index (κ1) is 16.1. The molecule has 2 atom stereocenters. The van der Waals surface area contributed by atoms with E-state index in [1.54, 1.807) is 0 Å². The van der Waals surface area contributed by atoms with E-state index >= 15 is 0 Å². The topological polar surface area (TPSA) is 78.4 Å². The van der Waals surface area contributed by atoms with Gasteiger partial charge in [-0.1, -0.05) is 32.6 Å². The zero-order chi connectivity index (χ0) is 15.3. The molecular weight excluding hydrogens is 268 g/mol. The van der Waals surface area contributed by atoms with Crippen molar-refractivity contribution in [2.24, 2.45) is 11.3 Å². The van der Waals surface area contributed by atoms with Crippen LogP contribution in [0.5, 0.6) is 0 Å². The van der Waals surface area contributed by atoms with E-state index < -0.39 is 5.97 Å². The first-order chi connectivity index (χ1) is 10.0. The van der Waals surface area contributed by atoms with Gasteiger partial charge in [0.15, 0.2) is 0 Å². The Labute approximate surface area is 126 Å². The summed E-state index contributed by atoms with van der Waals surface area (Å²) in [7, 11) is 0. The second kappa shape index (κ2) is 7.14. The highest BCUT2D eigenvalue weighted by Crippen LogP contribution is 2.39. The van der Waals surface area contributed by atoms with Gasteiger partial charge >= 0.3 is 12.0 Å². The molecule has 2 aliphatic carbocycles. The van der Waals surface area contributed by atoms with Crippen LogP contribution in [0.25, 0.3) is 0 Å². The fraction of sp³-hybridized carbons (Fsp3) is 0.875. The quantitative estimate of drug-likeness (QED) is 0.676. The summed E-state index contributed by atoms with van der Waals surface area (Å²) in [6, 6.07) is 0.195. The number of hydrogen-bond acceptors (Lipinski definition) is 2. The summed E-state index contributed by atoms with van der Waals surface area (Å²) in [5.74, 6) is -0.118. The Morgan fingerprint density at radius 3 is 2.57 bits per heavy atom. The molecule has 2 unspecified atom stereocenters. The molecule has 2 rings (SSSR count). The van der Waals surface area contributed by atoms with Gasteiger partial charge in [-0.25, -0.2) is 4.79 Å². The minimum Gasteiger partial charge on any atom is -0.481 e. The van der Waals surface area contributed by atoms with Gasteiger partial charge in [0.25, 0.3) is 0 Å². The van der Waals surface area contributed by atoms with E-state index in [1.165, 1.54) is 12.8 Å². The number of carboxylic acid groups (broad SMARTS) is 1. The van der Waals surface area contributed by atoms with Crippen molar-refractivity contribution < 1.29 is 14.7 Å². The number of hydrogen-bond donors (Lipinski definition) is 3. The van der Waals surface area contributed by atoms with Crippen molar-refractivity contribution in [3.63, 3.8) is 0 Å². The Balaban J connectivity index is 1.76. The lowest BCUT2D eigenvalue weighted by molar-refractivity contribution is -0.140. The van der Waals surface area contributed by atoms with Crippen LogP contribution in [-0.4, -0.2) is 29.7 Å². The van der Waals surface area contributed by atoms with Gasteiger partial charge in [-0.2, -0.15) is 0 Å². The molecule has 0 saturated heterocycles. The van der Waals surface area contributed by atoms with Crippen LogP contribution < -0.4 is 10.6 Å². The highest BCUT2D eigenvalue weighted by Gasteiger charge is 2.38. The van der Waals surface area contributed by atoms with Crippen LogP contribution >= 0.6 is 0 Å². The van der Waals surface area contributed by atoms with Gasteiger partial charge in [0.2, 0.25) is 0 Å². The van der Waals surface area contributed by atoms with E-state index in [2.05, 4.69) is 17.6 Å². The smallest absolute Gasteiger partial charge is 0.315 e. The maximum Gasteiger partial charge on any atom is 0.315 e. The average molecular weight is 296 g/mol. The van der Waals surface area contributed by atoms with Crippen molar-refractivity contribution >= 4 is 12.0 Å². The van der Waals surface area contributed by atoms with Gasteiger partial charge in [-0.15, -0.1) is 0 Å². The standard InChI is InChI=1S/C16H28N2O3/c1-2-6-12-9-13(12)18-15(21)17-11-16(10-14(19)20)7-4-3-5-8-16/h12-13H,2-11H2,1H3,(H,19,20)(H2,17,18,21). The van der Waals surface area contributed by atoms with Gasteiger partial charge in [-0.05, 0) is 37.0 Å². The van der Waals surface area contributed by atoms with Gasteiger partial charge < -0.3 is 15.7 Å². The summed E-state index contributed by atoms with van der Waals surface area (Å²) in [4.78, 5) is 23.0. The molecule has 0 bridgehead atoms. The Bertz CT molecular complexity index is 378. The number of carboxylic acids is 1. The van der Waals surface area contributed by atoms with Gasteiger partial charge in [0.05, 0.1) is 6.42 Å². The molecule has 3 N–H and O–H groups in total. The molecule has 0 aromatic carbocycles. The molecule has 5 heteroatoms. The third-order valence-electron chi connectivity index (χ3n) is 4.96. The van der Waals surface area contributed by atoms with E-state index in [0.717, 1.165) is 38.5 Å². The van der Waals surface area contributed by atoms with E-state index in [0.29, 0.717) is 18.5 Å². The molecule has 120 valence electrons. The molecule has 5 nitrogen and oxygen atoms in total. The predicted molar refractivity (Wildman–Crippen MR) is 81.1 cm³/mol. The van der Waals surface area contributed by atoms with Gasteiger partial charge in [0.1, 0.15) is 0 Å². The van der Waals surface area contributed by atoms with E-state index in [9.17, 15) is 9.59 Å². The number of nitrogens with one attached hydrogen (secondary N) is 2. The molecule has 0 radical (unpaired) electrons. The zero-order valence-corrected chi connectivity index (χ0v) is 13.0. The SMILES string of the molecule is CCCC1CC1NC(=O)NCC1(CC(=O)O)CCCCC1. The van der Waals surface area contributed by atoms with Crippen molar-refractivity contribution in [3.05, 3.63) is 0 Å². The number of amides is 2. The van der Waals surface area contributed by atoms with Crippen LogP contribution in [0.4, 0.5) is 4.79 Å². The number of rotatable bonds is 7. The zero-order valence-electron chi connectivity index (χ0n) is 13.0. The minimum absolute atomic E-state index is 0.131. The van der Waals surface area contributed by atoms with Gasteiger partial charge in [-0.3, -0.25) is 4.79 Å². The Morgan fingerprint density at radius 2 is 1.95 bits per heavy atom. The van der Waals surface area contributed by atoms with Crippen molar-refractivity contribution in [1.29, 1.82) is 0 Å². The molecule has 0 heterocycles. The predicted octanol–water partition coefficient (Wildman–Crippen LogP) is 2.90. The maximum absolute atomic E-state index is 11.9. The second-order valence-electron chi connectivity index (χ2n) is 6.85. The molecule has 2 aliphatic rings. The normalized spacial score (nSPS) is 26.9. The number of carbonyl (C=O) groups excluding carboxylic acids is 1. The molecule has 0 spiro atoms. The molecule has 2 fully saturated rings. The number of urea groups is 1. The molecule has 2 amide bonds. The summed E-state index contributed by atoms with van der Waals surface area (Å²) < 4.78 is 0. The Hall–Kier alpha value is -1.26. The largest absolute Gasteiger partial charge is 0.481 e. The Kier molecular flexibility index (Phi) is 5.48. The molecule has 0 aromatic heterocycles. The van der Waals surface area contributed by atoms with Crippen molar-refractivity contribution in [2.45, 2.75) is 70.8 Å². The maximum atomic E-state index is 11.9. The molecule has 21 heavy (non-hydrogen) atoms. The van der Waals surface area contributed by atoms with Crippen LogP contribution in [0.1, 0.15) is 64.7 Å². The van der Waals surface area contributed by atoms with Crippen LogP contribution in [0.15, 0.2) is 0 Å². The Morgan fingerprint density at radius 1 is 1.24 bits per heavy atom. The molecule has 0 aromatic rings.